The number of aromatic carboxylic acids is 1. The highest BCUT2D eigenvalue weighted by Crippen LogP contribution is 2.36. The van der Waals surface area contributed by atoms with Gasteiger partial charge in [0.2, 0.25) is 0 Å². The van der Waals surface area contributed by atoms with Crippen molar-refractivity contribution in [1.29, 1.82) is 0 Å². The smallest absolute Gasteiger partial charge is 0.339 e. The summed E-state index contributed by atoms with van der Waals surface area (Å²) in [5.41, 5.74) is 2.21. The van der Waals surface area contributed by atoms with Crippen LogP contribution >= 0.6 is 0 Å². The molecule has 0 aliphatic heterocycles. The van der Waals surface area contributed by atoms with E-state index in [1.807, 2.05) is 30.3 Å². The predicted octanol–water partition coefficient (Wildman–Crippen LogP) is 3.36. The van der Waals surface area contributed by atoms with Crippen LogP contribution in [0, 0.1) is 0 Å². The van der Waals surface area contributed by atoms with Crippen LogP contribution in [0.2, 0.25) is 0 Å². The Kier molecular flexibility index (Phi) is 6.41. The summed E-state index contributed by atoms with van der Waals surface area (Å²) >= 11 is 0. The summed E-state index contributed by atoms with van der Waals surface area (Å²) in [5.74, 6) is -1.21. The zero-order valence-electron chi connectivity index (χ0n) is 15.0. The number of aromatic hydroxyl groups is 1. The number of aryl methyl sites for hydroxylation is 2. The third kappa shape index (κ3) is 4.43. The molecule has 0 radical (unpaired) electrons. The van der Waals surface area contributed by atoms with E-state index in [4.69, 9.17) is 4.74 Å². The molecule has 5 heteroatoms. The quantitative estimate of drug-likeness (QED) is 0.631. The standard InChI is InChI=1S/C21H24O5/c1-13(2)17(22)12-16-18(26-3)11-15(19(20(16)23)21(24)25)10-9-14-7-5-4-6-8-14/h4-8,11,17,22-23H,1,9-10,12H2,2-3H3,(H,24,25)/t17-/m0/s1. The van der Waals surface area contributed by atoms with Crippen molar-refractivity contribution in [2.24, 2.45) is 0 Å². The number of rotatable bonds is 8. The molecule has 1 atom stereocenters. The average Bonchev–Trinajstić information content (AvgIpc) is 2.61. The van der Waals surface area contributed by atoms with E-state index < -0.39 is 12.1 Å². The molecule has 0 bridgehead atoms. The molecule has 3 N–H and O–H groups in total. The molecular formula is C21H24O5. The van der Waals surface area contributed by atoms with Crippen molar-refractivity contribution in [3.63, 3.8) is 0 Å². The Morgan fingerprint density at radius 2 is 1.88 bits per heavy atom. The predicted molar refractivity (Wildman–Crippen MR) is 100.0 cm³/mol. The molecule has 0 heterocycles. The first kappa shape index (κ1) is 19.5. The van der Waals surface area contributed by atoms with Crippen molar-refractivity contribution in [1.82, 2.24) is 0 Å². The van der Waals surface area contributed by atoms with E-state index >= 15 is 0 Å². The number of benzene rings is 2. The van der Waals surface area contributed by atoms with Crippen LogP contribution in [-0.2, 0) is 19.3 Å². The minimum Gasteiger partial charge on any atom is -0.507 e. The third-order valence-electron chi connectivity index (χ3n) is 4.37. The monoisotopic (exact) mass is 356 g/mol. The molecule has 0 unspecified atom stereocenters. The molecule has 0 amide bonds. The SMILES string of the molecule is C=C(C)[C@@H](O)Cc1c(OC)cc(CCc2ccccc2)c(C(=O)O)c1O. The van der Waals surface area contributed by atoms with Gasteiger partial charge in [-0.3, -0.25) is 0 Å². The van der Waals surface area contributed by atoms with Gasteiger partial charge < -0.3 is 20.1 Å². The summed E-state index contributed by atoms with van der Waals surface area (Å²) in [7, 11) is 1.45. The van der Waals surface area contributed by atoms with Crippen LogP contribution in [0.4, 0.5) is 0 Å². The molecule has 0 aliphatic rings. The number of carboxylic acids is 1. The molecule has 2 rings (SSSR count). The fourth-order valence-electron chi connectivity index (χ4n) is 2.84. The van der Waals surface area contributed by atoms with Gasteiger partial charge in [0, 0.05) is 12.0 Å². The van der Waals surface area contributed by atoms with Crippen LogP contribution in [0.1, 0.15) is 34.0 Å². The maximum absolute atomic E-state index is 11.7. The lowest BCUT2D eigenvalue weighted by Gasteiger charge is -2.19. The second-order valence-electron chi connectivity index (χ2n) is 6.30. The van der Waals surface area contributed by atoms with Gasteiger partial charge in [-0.2, -0.15) is 0 Å². The minimum absolute atomic E-state index is 0.0313. The maximum Gasteiger partial charge on any atom is 0.339 e. The molecule has 0 spiro atoms. The largest absolute Gasteiger partial charge is 0.507 e. The number of carboxylic acid groups (broad SMARTS) is 1. The Bertz CT molecular complexity index is 796. The van der Waals surface area contributed by atoms with E-state index in [0.29, 0.717) is 29.7 Å². The van der Waals surface area contributed by atoms with E-state index in [1.54, 1.807) is 13.0 Å². The van der Waals surface area contributed by atoms with Gasteiger partial charge >= 0.3 is 5.97 Å². The van der Waals surface area contributed by atoms with Gasteiger partial charge in [-0.1, -0.05) is 42.5 Å². The summed E-state index contributed by atoms with van der Waals surface area (Å²) < 4.78 is 5.34. The van der Waals surface area contributed by atoms with Gasteiger partial charge in [-0.25, -0.2) is 4.79 Å². The van der Waals surface area contributed by atoms with Crippen molar-refractivity contribution in [2.45, 2.75) is 32.3 Å². The summed E-state index contributed by atoms with van der Waals surface area (Å²) in [6, 6.07) is 11.3. The number of ether oxygens (including phenoxy) is 1. The molecule has 0 saturated carbocycles. The molecule has 0 fully saturated rings. The zero-order valence-corrected chi connectivity index (χ0v) is 15.0. The van der Waals surface area contributed by atoms with Gasteiger partial charge in [0.1, 0.15) is 17.1 Å². The summed E-state index contributed by atoms with van der Waals surface area (Å²) in [6.45, 7) is 5.35. The molecule has 138 valence electrons. The Hall–Kier alpha value is -2.79. The highest BCUT2D eigenvalue weighted by atomic mass is 16.5. The highest BCUT2D eigenvalue weighted by Gasteiger charge is 2.24. The lowest BCUT2D eigenvalue weighted by atomic mass is 9.93. The topological polar surface area (TPSA) is 87.0 Å². The summed E-state index contributed by atoms with van der Waals surface area (Å²) in [5, 5.41) is 30.2. The molecule has 0 aliphatic carbocycles. The number of methoxy groups -OCH3 is 1. The Morgan fingerprint density at radius 1 is 1.23 bits per heavy atom. The second-order valence-corrected chi connectivity index (χ2v) is 6.30. The fourth-order valence-corrected chi connectivity index (χ4v) is 2.84. The maximum atomic E-state index is 11.7. The number of carbonyl (C=O) groups is 1. The summed E-state index contributed by atoms with van der Waals surface area (Å²) in [6.07, 6.45) is 0.214. The number of aliphatic hydroxyl groups is 1. The Morgan fingerprint density at radius 3 is 2.42 bits per heavy atom. The number of hydrogen-bond donors (Lipinski definition) is 3. The zero-order chi connectivity index (χ0) is 19.3. The molecular weight excluding hydrogens is 332 g/mol. The highest BCUT2D eigenvalue weighted by molar-refractivity contribution is 5.93. The number of aliphatic hydroxyl groups excluding tert-OH is 1. The number of phenols is 1. The average molecular weight is 356 g/mol. The molecule has 0 saturated heterocycles. The van der Waals surface area contributed by atoms with Crippen molar-refractivity contribution in [3.8, 4) is 11.5 Å². The van der Waals surface area contributed by atoms with Gasteiger partial charge in [0.05, 0.1) is 13.2 Å². The van der Waals surface area contributed by atoms with E-state index in [2.05, 4.69) is 6.58 Å². The first-order valence-electron chi connectivity index (χ1n) is 8.37. The van der Waals surface area contributed by atoms with Crippen LogP contribution in [0.25, 0.3) is 0 Å². The Labute approximate surface area is 153 Å². The second kappa shape index (κ2) is 8.54. The lowest BCUT2D eigenvalue weighted by Crippen LogP contribution is -2.14. The van der Waals surface area contributed by atoms with Crippen LogP contribution in [0.15, 0.2) is 48.6 Å². The van der Waals surface area contributed by atoms with Crippen molar-refractivity contribution < 1.29 is 24.9 Å². The minimum atomic E-state index is -1.21. The van der Waals surface area contributed by atoms with Gasteiger partial charge in [-0.15, -0.1) is 0 Å². The summed E-state index contributed by atoms with van der Waals surface area (Å²) in [4.78, 5) is 11.7. The third-order valence-corrected chi connectivity index (χ3v) is 4.37. The van der Waals surface area contributed by atoms with E-state index in [-0.39, 0.29) is 23.3 Å². The Balaban J connectivity index is 2.43. The van der Waals surface area contributed by atoms with Crippen LogP contribution in [-0.4, -0.2) is 34.5 Å². The molecule has 26 heavy (non-hydrogen) atoms. The molecule has 2 aromatic rings. The lowest BCUT2D eigenvalue weighted by molar-refractivity contribution is 0.0692. The first-order chi connectivity index (χ1) is 12.3. The molecule has 0 aromatic heterocycles. The first-order valence-corrected chi connectivity index (χ1v) is 8.37. The van der Waals surface area contributed by atoms with E-state index in [1.165, 1.54) is 7.11 Å². The number of hydrogen-bond acceptors (Lipinski definition) is 4. The van der Waals surface area contributed by atoms with E-state index in [0.717, 1.165) is 5.56 Å². The van der Waals surface area contributed by atoms with Crippen molar-refractivity contribution >= 4 is 5.97 Å². The van der Waals surface area contributed by atoms with Gasteiger partial charge in [0.25, 0.3) is 0 Å². The van der Waals surface area contributed by atoms with Crippen LogP contribution in [0.3, 0.4) is 0 Å². The fraction of sp³-hybridized carbons (Fsp3) is 0.286. The normalized spacial score (nSPS) is 11.8. The van der Waals surface area contributed by atoms with Crippen LogP contribution in [0.5, 0.6) is 11.5 Å². The van der Waals surface area contributed by atoms with E-state index in [9.17, 15) is 20.1 Å². The van der Waals surface area contributed by atoms with Crippen molar-refractivity contribution in [3.05, 3.63) is 70.8 Å². The van der Waals surface area contributed by atoms with Crippen molar-refractivity contribution in [2.75, 3.05) is 7.11 Å². The van der Waals surface area contributed by atoms with Gasteiger partial charge in [-0.05, 0) is 37.0 Å². The van der Waals surface area contributed by atoms with Gasteiger partial charge in [0.15, 0.2) is 0 Å². The molecule has 2 aromatic carbocycles. The van der Waals surface area contributed by atoms with Crippen LogP contribution < -0.4 is 4.74 Å². The molecule has 5 nitrogen and oxygen atoms in total.